The zero-order valence-corrected chi connectivity index (χ0v) is 9.41. The number of nitrogens with one attached hydrogen (secondary N) is 1. The first-order valence-corrected chi connectivity index (χ1v) is 4.85. The molecule has 80 valence electrons. The molecule has 1 atom stereocenters. The van der Waals surface area contributed by atoms with Gasteiger partial charge in [-0.1, -0.05) is 6.08 Å². The molecule has 1 aromatic rings. The minimum Gasteiger partial charge on any atom is -0.295 e. The number of hydrogen-bond acceptors (Lipinski definition) is 3. The Morgan fingerprint density at radius 2 is 2.33 bits per heavy atom. The van der Waals surface area contributed by atoms with Crippen molar-refractivity contribution in [2.45, 2.75) is 19.9 Å². The molecule has 1 rings (SSSR count). The Labute approximate surface area is 90.2 Å². The molecule has 0 aromatic carbocycles. The molecule has 1 N–H and O–H groups in total. The molecular weight excluding hydrogens is 188 g/mol. The van der Waals surface area contributed by atoms with Crippen LogP contribution in [0.3, 0.4) is 0 Å². The van der Waals surface area contributed by atoms with Gasteiger partial charge in [-0.25, -0.2) is 0 Å². The fraction of sp³-hybridized carbons (Fsp3) is 0.455. The number of aryl methyl sites for hydroxylation is 2. The summed E-state index contributed by atoms with van der Waals surface area (Å²) >= 11 is 0. The molecule has 0 bridgehead atoms. The van der Waals surface area contributed by atoms with E-state index in [9.17, 15) is 0 Å². The van der Waals surface area contributed by atoms with E-state index in [1.54, 1.807) is 10.8 Å². The lowest BCUT2D eigenvalue weighted by Crippen LogP contribution is -2.21. The van der Waals surface area contributed by atoms with Gasteiger partial charge in [-0.3, -0.25) is 10.00 Å². The van der Waals surface area contributed by atoms with Crippen molar-refractivity contribution in [3.05, 3.63) is 29.6 Å². The highest BCUT2D eigenvalue weighted by molar-refractivity contribution is 5.32. The van der Waals surface area contributed by atoms with E-state index in [-0.39, 0.29) is 6.04 Å². The van der Waals surface area contributed by atoms with Crippen LogP contribution in [0.25, 0.3) is 0 Å². The maximum atomic E-state index is 9.08. The van der Waals surface area contributed by atoms with E-state index in [1.807, 2.05) is 20.9 Å². The van der Waals surface area contributed by atoms with Crippen molar-refractivity contribution in [2.75, 3.05) is 6.54 Å². The zero-order valence-electron chi connectivity index (χ0n) is 9.41. The molecule has 15 heavy (non-hydrogen) atoms. The molecule has 0 saturated heterocycles. The van der Waals surface area contributed by atoms with Crippen molar-refractivity contribution in [1.29, 1.82) is 5.26 Å². The van der Waals surface area contributed by atoms with Gasteiger partial charge in [0, 0.05) is 24.8 Å². The van der Waals surface area contributed by atoms with Gasteiger partial charge in [0.1, 0.15) is 6.04 Å². The van der Waals surface area contributed by atoms with Crippen molar-refractivity contribution in [3.63, 3.8) is 0 Å². The van der Waals surface area contributed by atoms with Gasteiger partial charge in [-0.15, -0.1) is 6.58 Å². The van der Waals surface area contributed by atoms with Gasteiger partial charge < -0.3 is 0 Å². The summed E-state index contributed by atoms with van der Waals surface area (Å²) in [5, 5.41) is 16.5. The summed E-state index contributed by atoms with van der Waals surface area (Å²) in [4.78, 5) is 0. The molecule has 0 aliphatic heterocycles. The Morgan fingerprint density at radius 3 is 2.73 bits per heavy atom. The molecular formula is C11H16N4. The molecule has 0 amide bonds. The van der Waals surface area contributed by atoms with E-state index in [4.69, 9.17) is 5.26 Å². The Morgan fingerprint density at radius 1 is 1.67 bits per heavy atom. The summed E-state index contributed by atoms with van der Waals surface area (Å²) in [5.41, 5.74) is 2.90. The molecule has 4 heteroatoms. The highest BCUT2D eigenvalue weighted by Gasteiger charge is 2.18. The summed E-state index contributed by atoms with van der Waals surface area (Å²) in [7, 11) is 1.88. The predicted octanol–water partition coefficient (Wildman–Crippen LogP) is 1.38. The summed E-state index contributed by atoms with van der Waals surface area (Å²) in [5.74, 6) is 0. The van der Waals surface area contributed by atoms with Crippen molar-refractivity contribution >= 4 is 0 Å². The minimum absolute atomic E-state index is 0.309. The van der Waals surface area contributed by atoms with Crippen LogP contribution in [0.4, 0.5) is 0 Å². The maximum Gasteiger partial charge on any atom is 0.125 e. The second kappa shape index (κ2) is 4.76. The van der Waals surface area contributed by atoms with E-state index >= 15 is 0 Å². The minimum atomic E-state index is -0.309. The molecule has 0 spiro atoms. The van der Waals surface area contributed by atoms with Crippen LogP contribution in [-0.2, 0) is 7.05 Å². The van der Waals surface area contributed by atoms with Crippen LogP contribution in [-0.4, -0.2) is 16.3 Å². The lowest BCUT2D eigenvalue weighted by atomic mass is 10.1. The lowest BCUT2D eigenvalue weighted by molar-refractivity contribution is 0.672. The highest BCUT2D eigenvalue weighted by atomic mass is 15.3. The third-order valence-electron chi connectivity index (χ3n) is 2.45. The van der Waals surface area contributed by atoms with E-state index in [2.05, 4.69) is 23.1 Å². The molecule has 1 heterocycles. The first kappa shape index (κ1) is 11.5. The van der Waals surface area contributed by atoms with Gasteiger partial charge in [-0.2, -0.15) is 10.4 Å². The van der Waals surface area contributed by atoms with E-state index < -0.39 is 0 Å². The molecule has 0 radical (unpaired) electrons. The van der Waals surface area contributed by atoms with E-state index in [1.165, 1.54) is 0 Å². The van der Waals surface area contributed by atoms with Crippen molar-refractivity contribution in [1.82, 2.24) is 15.1 Å². The van der Waals surface area contributed by atoms with Crippen molar-refractivity contribution < 1.29 is 0 Å². The van der Waals surface area contributed by atoms with Gasteiger partial charge >= 0.3 is 0 Å². The topological polar surface area (TPSA) is 53.6 Å². The second-order valence-electron chi connectivity index (χ2n) is 3.47. The average Bonchev–Trinajstić information content (AvgIpc) is 2.45. The van der Waals surface area contributed by atoms with Crippen LogP contribution < -0.4 is 5.32 Å². The first-order chi connectivity index (χ1) is 7.11. The molecule has 0 aliphatic rings. The average molecular weight is 204 g/mol. The second-order valence-corrected chi connectivity index (χ2v) is 3.47. The lowest BCUT2D eigenvalue weighted by Gasteiger charge is -2.10. The van der Waals surface area contributed by atoms with Gasteiger partial charge in [0.05, 0.1) is 11.8 Å². The smallest absolute Gasteiger partial charge is 0.125 e. The van der Waals surface area contributed by atoms with Crippen molar-refractivity contribution in [2.24, 2.45) is 7.05 Å². The Hall–Kier alpha value is -1.60. The fourth-order valence-corrected chi connectivity index (χ4v) is 1.62. The number of nitrogens with zero attached hydrogens (tertiary/aromatic N) is 3. The van der Waals surface area contributed by atoms with Crippen LogP contribution in [0, 0.1) is 25.2 Å². The highest BCUT2D eigenvalue weighted by Crippen LogP contribution is 2.20. The summed E-state index contributed by atoms with van der Waals surface area (Å²) in [6, 6.07) is 1.93. The summed E-state index contributed by atoms with van der Waals surface area (Å²) in [6.45, 7) is 8.12. The van der Waals surface area contributed by atoms with Crippen LogP contribution in [0.1, 0.15) is 23.0 Å². The molecule has 0 aliphatic carbocycles. The van der Waals surface area contributed by atoms with Gasteiger partial charge in [-0.05, 0) is 13.8 Å². The number of hydrogen-bond donors (Lipinski definition) is 1. The fourth-order valence-electron chi connectivity index (χ4n) is 1.62. The molecule has 0 saturated carbocycles. The monoisotopic (exact) mass is 204 g/mol. The Balaban J connectivity index is 3.02. The Bertz CT molecular complexity index is 397. The van der Waals surface area contributed by atoms with Gasteiger partial charge in [0.2, 0.25) is 0 Å². The summed E-state index contributed by atoms with van der Waals surface area (Å²) in [6.07, 6.45) is 1.74. The molecule has 1 unspecified atom stereocenters. The van der Waals surface area contributed by atoms with Crippen LogP contribution in [0.2, 0.25) is 0 Å². The molecule has 0 fully saturated rings. The quantitative estimate of drug-likeness (QED) is 0.754. The first-order valence-electron chi connectivity index (χ1n) is 4.85. The van der Waals surface area contributed by atoms with E-state index in [0.29, 0.717) is 6.54 Å². The van der Waals surface area contributed by atoms with Gasteiger partial charge in [0.15, 0.2) is 0 Å². The third kappa shape index (κ3) is 2.25. The zero-order chi connectivity index (χ0) is 11.4. The van der Waals surface area contributed by atoms with Crippen LogP contribution in [0.15, 0.2) is 12.7 Å². The standard InChI is InChI=1S/C11H16N4/c1-5-6-13-10(7-12)11-8(2)14-15(4)9(11)3/h5,10,13H,1,6H2,2-4H3. The van der Waals surface area contributed by atoms with E-state index in [0.717, 1.165) is 17.0 Å². The number of rotatable bonds is 4. The third-order valence-corrected chi connectivity index (χ3v) is 2.45. The Kier molecular flexibility index (Phi) is 3.64. The normalized spacial score (nSPS) is 12.1. The number of aromatic nitrogens is 2. The van der Waals surface area contributed by atoms with Gasteiger partial charge in [0.25, 0.3) is 0 Å². The molecule has 4 nitrogen and oxygen atoms in total. The SMILES string of the molecule is C=CCNC(C#N)c1c(C)nn(C)c1C. The maximum absolute atomic E-state index is 9.08. The predicted molar refractivity (Wildman–Crippen MR) is 59.2 cm³/mol. The van der Waals surface area contributed by atoms with Crippen molar-refractivity contribution in [3.8, 4) is 6.07 Å². The largest absolute Gasteiger partial charge is 0.295 e. The van der Waals surface area contributed by atoms with Crippen LogP contribution in [0.5, 0.6) is 0 Å². The summed E-state index contributed by atoms with van der Waals surface area (Å²) < 4.78 is 1.80. The van der Waals surface area contributed by atoms with Crippen LogP contribution >= 0.6 is 0 Å². The molecule has 1 aromatic heterocycles. The number of nitriles is 1.